The summed E-state index contributed by atoms with van der Waals surface area (Å²) in [6.45, 7) is -0.691. The van der Waals surface area contributed by atoms with Crippen LogP contribution in [0.3, 0.4) is 0 Å². The molecule has 1 aromatic carbocycles. The quantitative estimate of drug-likeness (QED) is 0.616. The van der Waals surface area contributed by atoms with E-state index in [2.05, 4.69) is 0 Å². The van der Waals surface area contributed by atoms with Gasteiger partial charge in [0, 0.05) is 5.92 Å². The number of esters is 1. The second-order valence-corrected chi connectivity index (χ2v) is 5.86. The molecule has 118 valence electrons. The van der Waals surface area contributed by atoms with E-state index >= 15 is 0 Å². The summed E-state index contributed by atoms with van der Waals surface area (Å²) in [4.78, 5) is 11.2. The zero-order valence-corrected chi connectivity index (χ0v) is 12.1. The van der Waals surface area contributed by atoms with Crippen LogP contribution in [0.4, 0.5) is 8.78 Å². The lowest BCUT2D eigenvalue weighted by molar-refractivity contribution is -0.141. The molecule has 1 saturated carbocycles. The van der Waals surface area contributed by atoms with Crippen molar-refractivity contribution in [2.45, 2.75) is 31.3 Å². The highest BCUT2D eigenvalue weighted by molar-refractivity contribution is 5.72. The van der Waals surface area contributed by atoms with Crippen molar-refractivity contribution in [1.29, 1.82) is 0 Å². The molecule has 1 aliphatic carbocycles. The predicted molar refractivity (Wildman–Crippen MR) is 76.7 cm³/mol. The molecule has 0 amide bonds. The minimum absolute atomic E-state index is 0.0148. The highest BCUT2D eigenvalue weighted by Crippen LogP contribution is 2.42. The number of allylic oxidation sites excluding steroid dienone is 1. The number of carbonyl (C=O) groups excluding carboxylic acids is 1. The maximum absolute atomic E-state index is 13.9. The van der Waals surface area contributed by atoms with Crippen molar-refractivity contribution >= 4 is 5.97 Å². The van der Waals surface area contributed by atoms with Gasteiger partial charge in [-0.25, -0.2) is 0 Å². The van der Waals surface area contributed by atoms with Gasteiger partial charge in [-0.15, -0.1) is 0 Å². The van der Waals surface area contributed by atoms with E-state index in [4.69, 9.17) is 9.47 Å². The number of ether oxygens (including phenoxy) is 2. The second kappa shape index (κ2) is 6.07. The third-order valence-electron chi connectivity index (χ3n) is 4.26. The molecule has 0 bridgehead atoms. The van der Waals surface area contributed by atoms with Crippen LogP contribution in [0.1, 0.15) is 19.3 Å². The fourth-order valence-corrected chi connectivity index (χ4v) is 3.15. The van der Waals surface area contributed by atoms with Crippen LogP contribution in [0, 0.1) is 11.8 Å². The summed E-state index contributed by atoms with van der Waals surface area (Å²) in [5.41, 5.74) is 0. The summed E-state index contributed by atoms with van der Waals surface area (Å²) in [5.74, 6) is -2.79. The molecule has 0 radical (unpaired) electrons. The van der Waals surface area contributed by atoms with Crippen molar-refractivity contribution in [2.24, 2.45) is 11.8 Å². The van der Waals surface area contributed by atoms with Crippen LogP contribution < -0.4 is 4.74 Å². The number of halogens is 2. The van der Waals surface area contributed by atoms with Gasteiger partial charge in [-0.05, 0) is 37.0 Å². The lowest BCUT2D eigenvalue weighted by Gasteiger charge is -2.16. The Bertz CT molecular complexity index is 556. The molecule has 1 heterocycles. The summed E-state index contributed by atoms with van der Waals surface area (Å²) >= 11 is 0. The van der Waals surface area contributed by atoms with Gasteiger partial charge >= 0.3 is 5.97 Å². The Morgan fingerprint density at radius 1 is 1.27 bits per heavy atom. The van der Waals surface area contributed by atoms with Gasteiger partial charge in [0.15, 0.2) is 6.61 Å². The van der Waals surface area contributed by atoms with Crippen LogP contribution in [0.2, 0.25) is 0 Å². The van der Waals surface area contributed by atoms with Crippen molar-refractivity contribution in [3.63, 3.8) is 0 Å². The molecule has 3 nitrogen and oxygen atoms in total. The van der Waals surface area contributed by atoms with Gasteiger partial charge in [0.1, 0.15) is 11.9 Å². The summed E-state index contributed by atoms with van der Waals surface area (Å²) in [6.07, 6.45) is 4.24. The molecule has 0 N–H and O–H groups in total. The van der Waals surface area contributed by atoms with Crippen LogP contribution in [0.25, 0.3) is 0 Å². The van der Waals surface area contributed by atoms with Crippen molar-refractivity contribution in [2.75, 3.05) is 6.61 Å². The Balaban J connectivity index is 1.55. The van der Waals surface area contributed by atoms with E-state index in [1.165, 1.54) is 6.08 Å². The summed E-state index contributed by atoms with van der Waals surface area (Å²) in [6, 6.07) is 8.55. The van der Waals surface area contributed by atoms with E-state index in [0.717, 1.165) is 18.9 Å². The molecule has 0 unspecified atom stereocenters. The highest BCUT2D eigenvalue weighted by atomic mass is 19.3. The molecule has 2 aliphatic rings. The molecule has 22 heavy (non-hydrogen) atoms. The third kappa shape index (κ3) is 3.46. The number of alkyl halides is 2. The first-order chi connectivity index (χ1) is 10.5. The van der Waals surface area contributed by atoms with Gasteiger partial charge in [-0.2, -0.15) is 8.78 Å². The number of carbonyl (C=O) groups is 1. The minimum atomic E-state index is -3.03. The van der Waals surface area contributed by atoms with Crippen LogP contribution in [-0.2, 0) is 9.53 Å². The number of para-hydroxylation sites is 1. The first kappa shape index (κ1) is 15.0. The van der Waals surface area contributed by atoms with Crippen molar-refractivity contribution < 1.29 is 23.0 Å². The van der Waals surface area contributed by atoms with Gasteiger partial charge in [0.25, 0.3) is 5.92 Å². The van der Waals surface area contributed by atoms with E-state index in [0.29, 0.717) is 12.2 Å². The number of rotatable bonds is 5. The zero-order valence-electron chi connectivity index (χ0n) is 12.1. The second-order valence-electron chi connectivity index (χ2n) is 5.86. The monoisotopic (exact) mass is 308 g/mol. The third-order valence-corrected chi connectivity index (χ3v) is 4.26. The number of benzene rings is 1. The number of hydrogen-bond acceptors (Lipinski definition) is 3. The Morgan fingerprint density at radius 2 is 2.05 bits per heavy atom. The molecular formula is C17H18F2O3. The SMILES string of the molecule is O=C1C[C@H]2[C@H](CC[C@@H]2/C=C/C(F)(F)COc2ccccc2)O1. The summed E-state index contributed by atoms with van der Waals surface area (Å²) in [5, 5.41) is 0. The Morgan fingerprint density at radius 3 is 2.82 bits per heavy atom. The number of fused-ring (bicyclic) bond motifs is 1. The van der Waals surface area contributed by atoms with E-state index in [1.807, 2.05) is 0 Å². The maximum atomic E-state index is 13.9. The molecular weight excluding hydrogens is 290 g/mol. The Labute approximate surface area is 127 Å². The zero-order chi connectivity index (χ0) is 15.6. The molecule has 1 saturated heterocycles. The van der Waals surface area contributed by atoms with Gasteiger partial charge in [0.05, 0.1) is 6.42 Å². The first-order valence-corrected chi connectivity index (χ1v) is 7.48. The van der Waals surface area contributed by atoms with Crippen molar-refractivity contribution in [3.05, 3.63) is 42.5 Å². The molecule has 5 heteroatoms. The van der Waals surface area contributed by atoms with Gasteiger partial charge in [0.2, 0.25) is 0 Å². The fourth-order valence-electron chi connectivity index (χ4n) is 3.15. The first-order valence-electron chi connectivity index (χ1n) is 7.48. The lowest BCUT2D eigenvalue weighted by Crippen LogP contribution is -2.23. The van der Waals surface area contributed by atoms with E-state index in [-0.39, 0.29) is 23.9 Å². The maximum Gasteiger partial charge on any atom is 0.306 e. The molecule has 0 aromatic heterocycles. The normalized spacial score (nSPS) is 27.9. The van der Waals surface area contributed by atoms with Crippen molar-refractivity contribution in [3.8, 4) is 5.75 Å². The van der Waals surface area contributed by atoms with Crippen LogP contribution in [0.15, 0.2) is 42.5 Å². The van der Waals surface area contributed by atoms with Crippen molar-refractivity contribution in [1.82, 2.24) is 0 Å². The molecule has 1 aliphatic heterocycles. The average Bonchev–Trinajstić information content (AvgIpc) is 3.04. The van der Waals surface area contributed by atoms with E-state index in [1.54, 1.807) is 30.3 Å². The number of hydrogen-bond donors (Lipinski definition) is 0. The minimum Gasteiger partial charge on any atom is -0.487 e. The highest BCUT2D eigenvalue weighted by Gasteiger charge is 2.44. The standard InChI is InChI=1S/C17H18F2O3/c18-17(19,11-21-13-4-2-1-3-5-13)9-8-12-6-7-15-14(12)10-16(20)22-15/h1-5,8-9,12,14-15H,6-7,10-11H2/b9-8+/t12-,14-,15+/m1/s1. The molecule has 1 aromatic rings. The van der Waals surface area contributed by atoms with Crippen LogP contribution in [-0.4, -0.2) is 24.6 Å². The lowest BCUT2D eigenvalue weighted by atomic mass is 9.92. The topological polar surface area (TPSA) is 35.5 Å². The average molecular weight is 308 g/mol. The van der Waals surface area contributed by atoms with Gasteiger partial charge in [-0.1, -0.05) is 24.3 Å². The predicted octanol–water partition coefficient (Wildman–Crippen LogP) is 3.60. The molecule has 2 fully saturated rings. The molecule has 0 spiro atoms. The molecule has 3 atom stereocenters. The van der Waals surface area contributed by atoms with Crippen LogP contribution in [0.5, 0.6) is 5.75 Å². The van der Waals surface area contributed by atoms with Crippen LogP contribution >= 0.6 is 0 Å². The molecule has 3 rings (SSSR count). The van der Waals surface area contributed by atoms with Gasteiger partial charge in [-0.3, -0.25) is 4.79 Å². The summed E-state index contributed by atoms with van der Waals surface area (Å²) < 4.78 is 38.0. The fraction of sp³-hybridized carbons (Fsp3) is 0.471. The Hall–Kier alpha value is -1.91. The van der Waals surface area contributed by atoms with E-state index in [9.17, 15) is 13.6 Å². The Kier molecular flexibility index (Phi) is 4.14. The van der Waals surface area contributed by atoms with E-state index < -0.39 is 12.5 Å². The summed E-state index contributed by atoms with van der Waals surface area (Å²) in [7, 11) is 0. The smallest absolute Gasteiger partial charge is 0.306 e. The largest absolute Gasteiger partial charge is 0.487 e. The van der Waals surface area contributed by atoms with Gasteiger partial charge < -0.3 is 9.47 Å².